The van der Waals surface area contributed by atoms with Gasteiger partial charge in [0.05, 0.1) is 0 Å². The lowest BCUT2D eigenvalue weighted by Gasteiger charge is -2.05. The molecule has 18 heavy (non-hydrogen) atoms. The van der Waals surface area contributed by atoms with Crippen LogP contribution in [0.15, 0.2) is 36.7 Å². The quantitative estimate of drug-likeness (QED) is 0.577. The SMILES string of the molecule is CCOCCCC(=O)c1cncc2ccccc12. The van der Waals surface area contributed by atoms with E-state index in [0.29, 0.717) is 25.2 Å². The lowest BCUT2D eigenvalue weighted by Crippen LogP contribution is -2.03. The first-order valence-corrected chi connectivity index (χ1v) is 6.26. The standard InChI is InChI=1S/C15H17NO2/c1-2-18-9-5-8-15(17)14-11-16-10-12-6-3-4-7-13(12)14/h3-4,6-7,10-11H,2,5,8-9H2,1H3. The summed E-state index contributed by atoms with van der Waals surface area (Å²) in [4.78, 5) is 16.3. The number of fused-ring (bicyclic) bond motifs is 1. The average molecular weight is 243 g/mol. The third kappa shape index (κ3) is 2.93. The van der Waals surface area contributed by atoms with E-state index in [2.05, 4.69) is 4.98 Å². The summed E-state index contributed by atoms with van der Waals surface area (Å²) in [6.07, 6.45) is 4.71. The highest BCUT2D eigenvalue weighted by atomic mass is 16.5. The summed E-state index contributed by atoms with van der Waals surface area (Å²) in [5.74, 6) is 0.138. The second-order valence-electron chi connectivity index (χ2n) is 4.13. The molecular formula is C15H17NO2. The van der Waals surface area contributed by atoms with E-state index < -0.39 is 0 Å². The number of nitrogens with zero attached hydrogens (tertiary/aromatic N) is 1. The lowest BCUT2D eigenvalue weighted by molar-refractivity contribution is 0.0948. The molecule has 0 fully saturated rings. The van der Waals surface area contributed by atoms with Crippen molar-refractivity contribution in [3.05, 3.63) is 42.2 Å². The highest BCUT2D eigenvalue weighted by Crippen LogP contribution is 2.18. The molecule has 0 amide bonds. The van der Waals surface area contributed by atoms with Crippen LogP contribution >= 0.6 is 0 Å². The molecule has 3 heteroatoms. The van der Waals surface area contributed by atoms with E-state index in [9.17, 15) is 4.79 Å². The Labute approximate surface area is 107 Å². The molecule has 0 bridgehead atoms. The summed E-state index contributed by atoms with van der Waals surface area (Å²) in [6.45, 7) is 3.29. The summed E-state index contributed by atoms with van der Waals surface area (Å²) < 4.78 is 5.24. The van der Waals surface area contributed by atoms with Gasteiger partial charge < -0.3 is 4.74 Å². The number of hydrogen-bond acceptors (Lipinski definition) is 3. The molecule has 1 aromatic heterocycles. The Morgan fingerprint density at radius 3 is 2.94 bits per heavy atom. The number of aromatic nitrogens is 1. The molecule has 1 heterocycles. The molecule has 0 N–H and O–H groups in total. The summed E-state index contributed by atoms with van der Waals surface area (Å²) in [7, 11) is 0. The van der Waals surface area contributed by atoms with E-state index in [1.165, 1.54) is 0 Å². The van der Waals surface area contributed by atoms with Crippen LogP contribution in [0.4, 0.5) is 0 Å². The maximum Gasteiger partial charge on any atom is 0.165 e. The third-order valence-electron chi connectivity index (χ3n) is 2.87. The highest BCUT2D eigenvalue weighted by molar-refractivity contribution is 6.07. The molecule has 1 aromatic carbocycles. The predicted molar refractivity (Wildman–Crippen MR) is 71.8 cm³/mol. The van der Waals surface area contributed by atoms with E-state index >= 15 is 0 Å². The van der Waals surface area contributed by atoms with Crippen LogP contribution in [0.2, 0.25) is 0 Å². The van der Waals surface area contributed by atoms with Crippen molar-refractivity contribution in [2.75, 3.05) is 13.2 Å². The Bertz CT molecular complexity index is 532. The van der Waals surface area contributed by atoms with Crippen molar-refractivity contribution >= 4 is 16.6 Å². The monoisotopic (exact) mass is 243 g/mol. The van der Waals surface area contributed by atoms with Gasteiger partial charge >= 0.3 is 0 Å². The minimum atomic E-state index is 0.138. The minimum Gasteiger partial charge on any atom is -0.382 e. The first-order valence-electron chi connectivity index (χ1n) is 6.26. The fraction of sp³-hybridized carbons (Fsp3) is 0.333. The van der Waals surface area contributed by atoms with Gasteiger partial charge in [-0.05, 0) is 18.7 Å². The molecule has 0 radical (unpaired) electrons. The summed E-state index contributed by atoms with van der Waals surface area (Å²) >= 11 is 0. The third-order valence-corrected chi connectivity index (χ3v) is 2.87. The minimum absolute atomic E-state index is 0.138. The average Bonchev–Trinajstić information content (AvgIpc) is 2.43. The van der Waals surface area contributed by atoms with Crippen LogP contribution in [0.1, 0.15) is 30.1 Å². The van der Waals surface area contributed by atoms with E-state index in [1.807, 2.05) is 31.2 Å². The normalized spacial score (nSPS) is 10.7. The van der Waals surface area contributed by atoms with E-state index in [-0.39, 0.29) is 5.78 Å². The number of carbonyl (C=O) groups excluding carboxylic acids is 1. The van der Waals surface area contributed by atoms with Crippen LogP contribution in [-0.2, 0) is 4.74 Å². The van der Waals surface area contributed by atoms with Crippen molar-refractivity contribution in [2.24, 2.45) is 0 Å². The number of carbonyl (C=O) groups is 1. The van der Waals surface area contributed by atoms with Crippen molar-refractivity contribution in [1.29, 1.82) is 0 Å². The molecule has 0 spiro atoms. The Balaban J connectivity index is 2.13. The van der Waals surface area contributed by atoms with Crippen LogP contribution in [0.3, 0.4) is 0 Å². The molecule has 3 nitrogen and oxygen atoms in total. The zero-order chi connectivity index (χ0) is 12.8. The fourth-order valence-electron chi connectivity index (χ4n) is 1.95. The largest absolute Gasteiger partial charge is 0.382 e. The second-order valence-corrected chi connectivity index (χ2v) is 4.13. The van der Waals surface area contributed by atoms with Gasteiger partial charge in [0.2, 0.25) is 0 Å². The Kier molecular flexibility index (Phi) is 4.42. The first-order chi connectivity index (χ1) is 8.83. The Hall–Kier alpha value is -1.74. The summed E-state index contributed by atoms with van der Waals surface area (Å²) in [6, 6.07) is 7.83. The fourth-order valence-corrected chi connectivity index (χ4v) is 1.95. The number of ketones is 1. The van der Waals surface area contributed by atoms with E-state index in [4.69, 9.17) is 4.74 Å². The van der Waals surface area contributed by atoms with Gasteiger partial charge in [0.15, 0.2) is 5.78 Å². The van der Waals surface area contributed by atoms with Gasteiger partial charge in [-0.3, -0.25) is 9.78 Å². The molecular weight excluding hydrogens is 226 g/mol. The zero-order valence-electron chi connectivity index (χ0n) is 10.6. The number of hydrogen-bond donors (Lipinski definition) is 0. The molecule has 0 aliphatic rings. The van der Waals surface area contributed by atoms with E-state index in [0.717, 1.165) is 17.2 Å². The summed E-state index contributed by atoms with van der Waals surface area (Å²) in [5, 5.41) is 1.99. The molecule has 0 unspecified atom stereocenters. The maximum atomic E-state index is 12.1. The zero-order valence-corrected chi connectivity index (χ0v) is 10.6. The van der Waals surface area contributed by atoms with Crippen molar-refractivity contribution in [1.82, 2.24) is 4.98 Å². The molecule has 0 atom stereocenters. The summed E-state index contributed by atoms with van der Waals surface area (Å²) in [5.41, 5.74) is 0.713. The number of rotatable bonds is 6. The number of pyridine rings is 1. The number of Topliss-reactive ketones (excluding diaryl/α,β-unsaturated/α-hetero) is 1. The topological polar surface area (TPSA) is 39.2 Å². The second kappa shape index (κ2) is 6.26. The maximum absolute atomic E-state index is 12.1. The molecule has 2 aromatic rings. The van der Waals surface area contributed by atoms with Crippen molar-refractivity contribution < 1.29 is 9.53 Å². The highest BCUT2D eigenvalue weighted by Gasteiger charge is 2.09. The van der Waals surface area contributed by atoms with Gasteiger partial charge in [0.1, 0.15) is 0 Å². The molecule has 0 saturated carbocycles. The van der Waals surface area contributed by atoms with Crippen LogP contribution in [0, 0.1) is 0 Å². The molecule has 0 aliphatic heterocycles. The van der Waals surface area contributed by atoms with Crippen molar-refractivity contribution in [2.45, 2.75) is 19.8 Å². The lowest BCUT2D eigenvalue weighted by atomic mass is 10.0. The smallest absolute Gasteiger partial charge is 0.165 e. The van der Waals surface area contributed by atoms with Gasteiger partial charge in [0, 0.05) is 43.0 Å². The van der Waals surface area contributed by atoms with Gasteiger partial charge in [-0.2, -0.15) is 0 Å². The molecule has 94 valence electrons. The van der Waals surface area contributed by atoms with Crippen LogP contribution in [0.25, 0.3) is 10.8 Å². The van der Waals surface area contributed by atoms with Crippen LogP contribution in [-0.4, -0.2) is 24.0 Å². The van der Waals surface area contributed by atoms with Crippen LogP contribution in [0.5, 0.6) is 0 Å². The van der Waals surface area contributed by atoms with Gasteiger partial charge in [-0.1, -0.05) is 24.3 Å². The first kappa shape index (κ1) is 12.7. The van der Waals surface area contributed by atoms with E-state index in [1.54, 1.807) is 12.4 Å². The van der Waals surface area contributed by atoms with Crippen LogP contribution < -0.4 is 0 Å². The Morgan fingerprint density at radius 2 is 2.11 bits per heavy atom. The molecule has 0 aliphatic carbocycles. The number of benzene rings is 1. The predicted octanol–water partition coefficient (Wildman–Crippen LogP) is 3.23. The Morgan fingerprint density at radius 1 is 1.28 bits per heavy atom. The van der Waals surface area contributed by atoms with Gasteiger partial charge in [-0.25, -0.2) is 0 Å². The van der Waals surface area contributed by atoms with Gasteiger partial charge in [-0.15, -0.1) is 0 Å². The molecule has 0 saturated heterocycles. The van der Waals surface area contributed by atoms with Crippen molar-refractivity contribution in [3.8, 4) is 0 Å². The van der Waals surface area contributed by atoms with Crippen molar-refractivity contribution in [3.63, 3.8) is 0 Å². The number of ether oxygens (including phenoxy) is 1. The van der Waals surface area contributed by atoms with Gasteiger partial charge in [0.25, 0.3) is 0 Å². The molecule has 2 rings (SSSR count).